The van der Waals surface area contributed by atoms with Gasteiger partial charge in [-0.05, 0) is 62.3 Å². The Hall–Kier alpha value is -1.22. The highest BCUT2D eigenvalue weighted by atomic mass is 35.5. The predicted molar refractivity (Wildman–Crippen MR) is 128 cm³/mol. The highest BCUT2D eigenvalue weighted by Crippen LogP contribution is 2.39. The van der Waals surface area contributed by atoms with Crippen molar-refractivity contribution in [3.8, 4) is 0 Å². The summed E-state index contributed by atoms with van der Waals surface area (Å²) >= 11 is 6.44. The summed E-state index contributed by atoms with van der Waals surface area (Å²) in [6.45, 7) is 16.7. The molecule has 172 valence electrons. The SMILES string of the molecule is Cc1nn(C2CCOCC2)c2nc(Cl)nc(N3CCC[C@H]3CO[Si](C)(C)C(C)(C)C)c12. The molecular formula is C22H36ClN5O2Si. The van der Waals surface area contributed by atoms with E-state index in [1.807, 2.05) is 0 Å². The third-order valence-corrected chi connectivity index (χ3v) is 12.0. The van der Waals surface area contributed by atoms with E-state index in [2.05, 4.69) is 55.4 Å². The number of hydrogen-bond donors (Lipinski definition) is 0. The van der Waals surface area contributed by atoms with Crippen LogP contribution in [0.1, 0.15) is 58.2 Å². The minimum atomic E-state index is -1.81. The van der Waals surface area contributed by atoms with Crippen LogP contribution in [0.2, 0.25) is 23.4 Å². The van der Waals surface area contributed by atoms with E-state index in [9.17, 15) is 0 Å². The van der Waals surface area contributed by atoms with E-state index >= 15 is 0 Å². The van der Waals surface area contributed by atoms with Crippen LogP contribution >= 0.6 is 11.6 Å². The number of aromatic nitrogens is 4. The van der Waals surface area contributed by atoms with E-state index in [0.29, 0.717) is 12.1 Å². The molecule has 2 aromatic heterocycles. The van der Waals surface area contributed by atoms with Gasteiger partial charge >= 0.3 is 0 Å². The lowest BCUT2D eigenvalue weighted by molar-refractivity contribution is 0.0672. The largest absolute Gasteiger partial charge is 0.415 e. The zero-order valence-corrected chi connectivity index (χ0v) is 21.5. The molecule has 2 aromatic rings. The van der Waals surface area contributed by atoms with Gasteiger partial charge in [0.1, 0.15) is 5.82 Å². The molecule has 0 aromatic carbocycles. The monoisotopic (exact) mass is 465 g/mol. The van der Waals surface area contributed by atoms with Crippen LogP contribution < -0.4 is 4.90 Å². The molecule has 0 bridgehead atoms. The van der Waals surface area contributed by atoms with Crippen LogP contribution in [0.15, 0.2) is 0 Å². The van der Waals surface area contributed by atoms with E-state index in [1.54, 1.807) is 0 Å². The van der Waals surface area contributed by atoms with Gasteiger partial charge in [0.05, 0.1) is 29.8 Å². The Morgan fingerprint density at radius 1 is 1.16 bits per heavy atom. The van der Waals surface area contributed by atoms with Crippen molar-refractivity contribution in [2.24, 2.45) is 0 Å². The molecule has 4 heterocycles. The van der Waals surface area contributed by atoms with Crippen molar-refractivity contribution < 1.29 is 9.16 Å². The molecule has 1 atom stereocenters. The number of ether oxygens (including phenoxy) is 1. The minimum Gasteiger partial charge on any atom is -0.415 e. The van der Waals surface area contributed by atoms with Gasteiger partial charge in [-0.2, -0.15) is 15.1 Å². The second-order valence-electron chi connectivity index (χ2n) is 10.4. The number of anilines is 1. The maximum Gasteiger partial charge on any atom is 0.226 e. The molecule has 7 nitrogen and oxygen atoms in total. The third kappa shape index (κ3) is 4.49. The van der Waals surface area contributed by atoms with Crippen molar-refractivity contribution >= 4 is 36.8 Å². The molecule has 2 aliphatic heterocycles. The van der Waals surface area contributed by atoms with Gasteiger partial charge in [-0.1, -0.05) is 20.8 Å². The lowest BCUT2D eigenvalue weighted by atomic mass is 10.1. The molecule has 0 radical (unpaired) electrons. The molecule has 0 unspecified atom stereocenters. The maximum atomic E-state index is 6.59. The molecule has 0 aliphatic carbocycles. The number of halogens is 1. The molecule has 2 fully saturated rings. The molecule has 2 aliphatic rings. The molecule has 0 N–H and O–H groups in total. The second kappa shape index (κ2) is 8.61. The second-order valence-corrected chi connectivity index (χ2v) is 15.6. The summed E-state index contributed by atoms with van der Waals surface area (Å²) in [5.41, 5.74) is 1.81. The first-order valence-corrected chi connectivity index (χ1v) is 14.8. The van der Waals surface area contributed by atoms with Gasteiger partial charge in [0.15, 0.2) is 14.0 Å². The first-order valence-electron chi connectivity index (χ1n) is 11.5. The topological polar surface area (TPSA) is 65.3 Å². The van der Waals surface area contributed by atoms with E-state index in [0.717, 1.165) is 74.6 Å². The Morgan fingerprint density at radius 3 is 2.55 bits per heavy atom. The summed E-state index contributed by atoms with van der Waals surface area (Å²) in [6.07, 6.45) is 4.12. The van der Waals surface area contributed by atoms with Gasteiger partial charge in [-0.15, -0.1) is 0 Å². The van der Waals surface area contributed by atoms with Gasteiger partial charge in [-0.25, -0.2) is 4.68 Å². The quantitative estimate of drug-likeness (QED) is 0.450. The number of hydrogen-bond acceptors (Lipinski definition) is 6. The van der Waals surface area contributed by atoms with Gasteiger partial charge in [0, 0.05) is 19.8 Å². The van der Waals surface area contributed by atoms with Crippen molar-refractivity contribution in [1.82, 2.24) is 19.7 Å². The third-order valence-electron chi connectivity index (χ3n) is 7.31. The number of aryl methyl sites for hydroxylation is 1. The average Bonchev–Trinajstić information content (AvgIpc) is 3.30. The molecule has 0 saturated carbocycles. The standard InChI is InChI=1S/C22H36ClN5O2Si/c1-15-18-19(27-11-7-8-17(27)14-30-31(5,6)22(2,3)4)24-21(23)25-20(18)28(26-15)16-9-12-29-13-10-16/h16-17H,7-14H2,1-6H3/t17-/m0/s1. The van der Waals surface area contributed by atoms with Crippen LogP contribution in [0.25, 0.3) is 11.0 Å². The smallest absolute Gasteiger partial charge is 0.226 e. The summed E-state index contributed by atoms with van der Waals surface area (Å²) in [5, 5.41) is 6.38. The highest BCUT2D eigenvalue weighted by molar-refractivity contribution is 6.74. The number of fused-ring (bicyclic) bond motifs is 1. The average molecular weight is 466 g/mol. The zero-order valence-electron chi connectivity index (χ0n) is 19.7. The Labute approximate surface area is 191 Å². The van der Waals surface area contributed by atoms with Crippen molar-refractivity contribution in [1.29, 1.82) is 0 Å². The minimum absolute atomic E-state index is 0.198. The van der Waals surface area contributed by atoms with Crippen LogP contribution in [-0.4, -0.2) is 60.5 Å². The van der Waals surface area contributed by atoms with Crippen LogP contribution in [0.5, 0.6) is 0 Å². The summed E-state index contributed by atoms with van der Waals surface area (Å²) in [6, 6.07) is 0.592. The molecule has 2 saturated heterocycles. The molecule has 0 spiro atoms. The normalized spacial score (nSPS) is 21.4. The number of rotatable bonds is 5. The van der Waals surface area contributed by atoms with E-state index < -0.39 is 8.32 Å². The van der Waals surface area contributed by atoms with Crippen LogP contribution in [-0.2, 0) is 9.16 Å². The fourth-order valence-electron chi connectivity index (χ4n) is 4.36. The first kappa shape index (κ1) is 23.0. The van der Waals surface area contributed by atoms with Crippen LogP contribution in [0, 0.1) is 6.92 Å². The molecule has 31 heavy (non-hydrogen) atoms. The fraction of sp³-hybridized carbons (Fsp3) is 0.773. The van der Waals surface area contributed by atoms with Gasteiger partial charge < -0.3 is 14.1 Å². The Balaban J connectivity index is 1.66. The molecular weight excluding hydrogens is 430 g/mol. The van der Waals surface area contributed by atoms with E-state index in [1.165, 1.54) is 0 Å². The summed E-state index contributed by atoms with van der Waals surface area (Å²) in [5.74, 6) is 0.909. The fourth-order valence-corrected chi connectivity index (χ4v) is 5.56. The summed E-state index contributed by atoms with van der Waals surface area (Å²) in [7, 11) is -1.81. The Morgan fingerprint density at radius 2 is 1.87 bits per heavy atom. The zero-order chi connectivity index (χ0) is 22.4. The molecule has 0 amide bonds. The van der Waals surface area contributed by atoms with Gasteiger partial charge in [0.25, 0.3) is 0 Å². The van der Waals surface area contributed by atoms with Crippen LogP contribution in [0.3, 0.4) is 0 Å². The predicted octanol–water partition coefficient (Wildman–Crippen LogP) is 5.13. The van der Waals surface area contributed by atoms with Crippen molar-refractivity contribution in [3.63, 3.8) is 0 Å². The molecule has 4 rings (SSSR count). The Bertz CT molecular complexity index is 936. The van der Waals surface area contributed by atoms with Gasteiger partial charge in [-0.3, -0.25) is 0 Å². The van der Waals surface area contributed by atoms with Crippen LogP contribution in [0.4, 0.5) is 5.82 Å². The molecule has 9 heteroatoms. The van der Waals surface area contributed by atoms with Crippen molar-refractivity contribution in [3.05, 3.63) is 11.0 Å². The Kier molecular flexibility index (Phi) is 6.38. The summed E-state index contributed by atoms with van der Waals surface area (Å²) in [4.78, 5) is 11.7. The number of nitrogens with zero attached hydrogens (tertiary/aromatic N) is 5. The van der Waals surface area contributed by atoms with Crippen molar-refractivity contribution in [2.75, 3.05) is 31.3 Å². The first-order chi connectivity index (χ1) is 14.6. The lowest BCUT2D eigenvalue weighted by Gasteiger charge is -2.38. The van der Waals surface area contributed by atoms with E-state index in [4.69, 9.17) is 30.8 Å². The highest BCUT2D eigenvalue weighted by Gasteiger charge is 2.39. The maximum absolute atomic E-state index is 6.59. The van der Waals surface area contributed by atoms with E-state index in [-0.39, 0.29) is 10.3 Å². The van der Waals surface area contributed by atoms with Crippen molar-refractivity contribution in [2.45, 2.75) is 83.6 Å². The van der Waals surface area contributed by atoms with Gasteiger partial charge in [0.2, 0.25) is 5.28 Å². The summed E-state index contributed by atoms with van der Waals surface area (Å²) < 4.78 is 14.2. The lowest BCUT2D eigenvalue weighted by Crippen LogP contribution is -2.45.